The molecule has 6 heteroatoms. The first-order valence-corrected chi connectivity index (χ1v) is 7.49. The van der Waals surface area contributed by atoms with Crippen LogP contribution in [0.1, 0.15) is 41.5 Å². The van der Waals surface area contributed by atoms with Gasteiger partial charge in [-0.15, -0.1) is 0 Å². The molecule has 5 nitrogen and oxygen atoms in total. The predicted molar refractivity (Wildman–Crippen MR) is 82.5 cm³/mol. The Bertz CT molecular complexity index is 414. The lowest BCUT2D eigenvalue weighted by Crippen LogP contribution is -2.33. The van der Waals surface area contributed by atoms with Crippen LogP contribution in [0, 0.1) is 11.8 Å². The Morgan fingerprint density at radius 2 is 1.50 bits per heavy atom. The Kier molecular flexibility index (Phi) is 6.46. The molecule has 0 amide bonds. The molecule has 20 heavy (non-hydrogen) atoms. The molecule has 0 aliphatic carbocycles. The van der Waals surface area contributed by atoms with Crippen molar-refractivity contribution in [1.29, 1.82) is 0 Å². The summed E-state index contributed by atoms with van der Waals surface area (Å²) >= 11 is 5.98. The highest BCUT2D eigenvalue weighted by Crippen LogP contribution is 2.18. The molecule has 0 aliphatic heterocycles. The van der Waals surface area contributed by atoms with Crippen LogP contribution in [0.2, 0.25) is 5.28 Å². The lowest BCUT2D eigenvalue weighted by atomic mass is 10.1. The highest BCUT2D eigenvalue weighted by atomic mass is 35.5. The highest BCUT2D eigenvalue weighted by Gasteiger charge is 2.16. The van der Waals surface area contributed by atoms with Crippen molar-refractivity contribution < 1.29 is 4.74 Å². The lowest BCUT2D eigenvalue weighted by molar-refractivity contribution is 0.221. The van der Waals surface area contributed by atoms with E-state index in [1.807, 2.05) is 13.8 Å². The summed E-state index contributed by atoms with van der Waals surface area (Å²) < 4.78 is 5.52. The molecule has 0 spiro atoms. The van der Waals surface area contributed by atoms with Crippen molar-refractivity contribution in [1.82, 2.24) is 15.0 Å². The van der Waals surface area contributed by atoms with Crippen LogP contribution >= 0.6 is 11.6 Å². The molecule has 0 unspecified atom stereocenters. The third-order valence-electron chi connectivity index (χ3n) is 2.37. The molecule has 0 saturated heterocycles. The monoisotopic (exact) mass is 300 g/mol. The number of aromatic nitrogens is 3. The van der Waals surface area contributed by atoms with Gasteiger partial charge in [0.15, 0.2) is 0 Å². The van der Waals surface area contributed by atoms with Crippen LogP contribution in [0.15, 0.2) is 0 Å². The second-order valence-corrected chi connectivity index (χ2v) is 6.38. The van der Waals surface area contributed by atoms with Crippen molar-refractivity contribution in [3.8, 4) is 6.01 Å². The van der Waals surface area contributed by atoms with Gasteiger partial charge in [0.1, 0.15) is 0 Å². The van der Waals surface area contributed by atoms with Gasteiger partial charge in [-0.3, -0.25) is 0 Å². The van der Waals surface area contributed by atoms with Crippen LogP contribution in [-0.2, 0) is 0 Å². The molecule has 114 valence electrons. The Morgan fingerprint density at radius 3 is 1.95 bits per heavy atom. The molecule has 1 aromatic heterocycles. The van der Waals surface area contributed by atoms with Gasteiger partial charge < -0.3 is 9.64 Å². The molecular formula is C14H25ClN4O. The SMILES string of the molecule is CC(C)CN(CC(C)C)c1nc(Cl)nc(OC(C)C)n1. The molecule has 0 N–H and O–H groups in total. The van der Waals surface area contributed by atoms with E-state index in [0.29, 0.717) is 17.8 Å². The van der Waals surface area contributed by atoms with Crippen LogP contribution in [-0.4, -0.2) is 34.1 Å². The number of halogens is 1. The molecule has 0 atom stereocenters. The van der Waals surface area contributed by atoms with Crippen molar-refractivity contribution in [2.45, 2.75) is 47.6 Å². The van der Waals surface area contributed by atoms with Crippen molar-refractivity contribution in [3.63, 3.8) is 0 Å². The first kappa shape index (κ1) is 17.0. The van der Waals surface area contributed by atoms with E-state index in [-0.39, 0.29) is 17.4 Å². The fourth-order valence-corrected chi connectivity index (χ4v) is 1.99. The Morgan fingerprint density at radius 1 is 0.950 bits per heavy atom. The molecule has 1 rings (SSSR count). The minimum Gasteiger partial charge on any atom is -0.461 e. The van der Waals surface area contributed by atoms with E-state index in [4.69, 9.17) is 16.3 Å². The minimum atomic E-state index is 0.00460. The van der Waals surface area contributed by atoms with Gasteiger partial charge in [-0.1, -0.05) is 27.7 Å². The van der Waals surface area contributed by atoms with Gasteiger partial charge in [-0.05, 0) is 37.3 Å². The molecule has 1 heterocycles. The zero-order valence-electron chi connectivity index (χ0n) is 13.2. The van der Waals surface area contributed by atoms with Crippen LogP contribution in [0.5, 0.6) is 6.01 Å². The number of hydrogen-bond acceptors (Lipinski definition) is 5. The summed E-state index contributed by atoms with van der Waals surface area (Å²) in [4.78, 5) is 14.8. The summed E-state index contributed by atoms with van der Waals surface area (Å²) in [5.74, 6) is 1.61. The zero-order valence-corrected chi connectivity index (χ0v) is 14.0. The quantitative estimate of drug-likeness (QED) is 0.772. The van der Waals surface area contributed by atoms with Crippen molar-refractivity contribution >= 4 is 17.5 Å². The number of hydrogen-bond donors (Lipinski definition) is 0. The smallest absolute Gasteiger partial charge is 0.322 e. The predicted octanol–water partition coefficient (Wildman–Crippen LogP) is 3.43. The van der Waals surface area contributed by atoms with Crippen molar-refractivity contribution in [3.05, 3.63) is 5.28 Å². The fourth-order valence-electron chi connectivity index (χ4n) is 1.85. The molecule has 0 saturated carbocycles. The van der Waals surface area contributed by atoms with Gasteiger partial charge >= 0.3 is 6.01 Å². The average Bonchev–Trinajstić information content (AvgIpc) is 2.24. The number of anilines is 1. The summed E-state index contributed by atoms with van der Waals surface area (Å²) in [7, 11) is 0. The van der Waals surface area contributed by atoms with E-state index >= 15 is 0 Å². The van der Waals surface area contributed by atoms with E-state index in [1.54, 1.807) is 0 Å². The Labute approximate surface area is 126 Å². The number of nitrogens with zero attached hydrogens (tertiary/aromatic N) is 4. The van der Waals surface area contributed by atoms with Gasteiger partial charge in [0, 0.05) is 13.1 Å². The maximum Gasteiger partial charge on any atom is 0.322 e. The largest absolute Gasteiger partial charge is 0.461 e. The van der Waals surface area contributed by atoms with Crippen LogP contribution in [0.3, 0.4) is 0 Å². The van der Waals surface area contributed by atoms with Gasteiger partial charge in [0.2, 0.25) is 11.2 Å². The summed E-state index contributed by atoms with van der Waals surface area (Å²) in [6, 6.07) is 0.285. The summed E-state index contributed by atoms with van der Waals surface area (Å²) in [5.41, 5.74) is 0. The van der Waals surface area contributed by atoms with Gasteiger partial charge in [-0.2, -0.15) is 15.0 Å². The summed E-state index contributed by atoms with van der Waals surface area (Å²) in [5, 5.41) is 0.170. The molecule has 1 aromatic rings. The van der Waals surface area contributed by atoms with E-state index in [1.165, 1.54) is 0 Å². The lowest BCUT2D eigenvalue weighted by Gasteiger charge is -2.26. The highest BCUT2D eigenvalue weighted by molar-refractivity contribution is 6.28. The maximum absolute atomic E-state index is 5.98. The first-order chi connectivity index (χ1) is 9.27. The fraction of sp³-hybridized carbons (Fsp3) is 0.786. The van der Waals surface area contributed by atoms with Gasteiger partial charge in [-0.25, -0.2) is 0 Å². The third kappa shape index (κ3) is 5.90. The average molecular weight is 301 g/mol. The van der Waals surface area contributed by atoms with E-state index < -0.39 is 0 Å². The van der Waals surface area contributed by atoms with Gasteiger partial charge in [0.25, 0.3) is 0 Å². The van der Waals surface area contributed by atoms with E-state index in [9.17, 15) is 0 Å². The van der Waals surface area contributed by atoms with E-state index in [2.05, 4.69) is 47.5 Å². The minimum absolute atomic E-state index is 0.00460. The molecular weight excluding hydrogens is 276 g/mol. The summed E-state index contributed by atoms with van der Waals surface area (Å²) in [6.07, 6.45) is 0.00460. The van der Waals surface area contributed by atoms with Gasteiger partial charge in [0.05, 0.1) is 6.10 Å². The van der Waals surface area contributed by atoms with Crippen molar-refractivity contribution in [2.24, 2.45) is 11.8 Å². The molecule has 0 radical (unpaired) electrons. The second-order valence-electron chi connectivity index (χ2n) is 6.05. The summed E-state index contributed by atoms with van der Waals surface area (Å²) in [6.45, 7) is 14.3. The zero-order chi connectivity index (χ0) is 15.3. The molecule has 0 bridgehead atoms. The van der Waals surface area contributed by atoms with Crippen LogP contribution in [0.4, 0.5) is 5.95 Å². The number of rotatable bonds is 7. The Hall–Kier alpha value is -1.10. The first-order valence-electron chi connectivity index (χ1n) is 7.11. The van der Waals surface area contributed by atoms with Crippen LogP contribution in [0.25, 0.3) is 0 Å². The Balaban J connectivity index is 3.01. The molecule has 0 aliphatic rings. The third-order valence-corrected chi connectivity index (χ3v) is 2.54. The normalized spacial score (nSPS) is 11.5. The van der Waals surface area contributed by atoms with Crippen LogP contribution < -0.4 is 9.64 Å². The number of ether oxygens (including phenoxy) is 1. The topological polar surface area (TPSA) is 51.1 Å². The van der Waals surface area contributed by atoms with Crippen molar-refractivity contribution in [2.75, 3.05) is 18.0 Å². The standard InChI is InChI=1S/C14H25ClN4O/c1-9(2)7-19(8-10(3)4)13-16-12(15)17-14(18-13)20-11(5)6/h9-11H,7-8H2,1-6H3. The second kappa shape index (κ2) is 7.62. The molecule has 0 aromatic carbocycles. The van der Waals surface area contributed by atoms with E-state index in [0.717, 1.165) is 13.1 Å². The molecule has 0 fully saturated rings. The maximum atomic E-state index is 5.98.